The summed E-state index contributed by atoms with van der Waals surface area (Å²) in [6, 6.07) is -0.0143. The van der Waals surface area contributed by atoms with Gasteiger partial charge in [0, 0.05) is 25.7 Å². The molecule has 0 fully saturated rings. The van der Waals surface area contributed by atoms with Gasteiger partial charge in [0.1, 0.15) is 0 Å². The van der Waals surface area contributed by atoms with Crippen molar-refractivity contribution in [2.75, 3.05) is 0 Å². The van der Waals surface area contributed by atoms with E-state index in [-0.39, 0.29) is 11.9 Å². The molecule has 5 nitrogen and oxygen atoms in total. The van der Waals surface area contributed by atoms with Crippen molar-refractivity contribution < 1.29 is 4.79 Å². The van der Waals surface area contributed by atoms with Crippen molar-refractivity contribution in [2.24, 2.45) is 12.8 Å². The van der Waals surface area contributed by atoms with Crippen LogP contribution in [0.3, 0.4) is 0 Å². The molecule has 17 heavy (non-hydrogen) atoms. The van der Waals surface area contributed by atoms with Crippen LogP contribution in [0.5, 0.6) is 0 Å². The molecule has 0 aliphatic rings. The van der Waals surface area contributed by atoms with E-state index in [4.69, 9.17) is 18.0 Å². The Morgan fingerprint density at radius 2 is 2.35 bits per heavy atom. The summed E-state index contributed by atoms with van der Waals surface area (Å²) in [5, 5.41) is 7.04. The van der Waals surface area contributed by atoms with Crippen molar-refractivity contribution in [3.8, 4) is 0 Å². The lowest BCUT2D eigenvalue weighted by atomic mass is 10.1. The predicted molar refractivity (Wildman–Crippen MR) is 70.9 cm³/mol. The number of rotatable bonds is 5. The lowest BCUT2D eigenvalue weighted by Gasteiger charge is -2.15. The molecule has 1 unspecified atom stereocenters. The molecule has 0 radical (unpaired) electrons. The smallest absolute Gasteiger partial charge is 0.254 e. The van der Waals surface area contributed by atoms with Crippen LogP contribution in [-0.4, -0.2) is 26.7 Å². The summed E-state index contributed by atoms with van der Waals surface area (Å²) in [6.07, 6.45) is 3.03. The number of nitrogens with two attached hydrogens (primary N) is 1. The lowest BCUT2D eigenvalue weighted by molar-refractivity contribution is 0.0936. The van der Waals surface area contributed by atoms with Gasteiger partial charge >= 0.3 is 0 Å². The molecular weight excluding hydrogens is 236 g/mol. The number of nitrogens with one attached hydrogen (secondary N) is 1. The molecule has 1 heterocycles. The first-order chi connectivity index (χ1) is 7.93. The summed E-state index contributed by atoms with van der Waals surface area (Å²) in [5.74, 6) is -0.126. The topological polar surface area (TPSA) is 72.9 Å². The molecule has 1 aromatic heterocycles. The van der Waals surface area contributed by atoms with Gasteiger partial charge in [-0.1, -0.05) is 19.1 Å². The van der Waals surface area contributed by atoms with Crippen LogP contribution in [0.1, 0.15) is 35.8 Å². The van der Waals surface area contributed by atoms with Crippen LogP contribution < -0.4 is 11.1 Å². The first kappa shape index (κ1) is 13.6. The molecule has 1 aromatic rings. The fourth-order valence-electron chi connectivity index (χ4n) is 1.63. The quantitative estimate of drug-likeness (QED) is 0.766. The number of hydrogen-bond donors (Lipinski definition) is 2. The van der Waals surface area contributed by atoms with Gasteiger partial charge in [0.05, 0.1) is 16.2 Å². The molecule has 3 N–H and O–H groups in total. The van der Waals surface area contributed by atoms with E-state index < -0.39 is 0 Å². The second-order valence-electron chi connectivity index (χ2n) is 4.05. The van der Waals surface area contributed by atoms with Crippen molar-refractivity contribution in [3.05, 3.63) is 17.5 Å². The fraction of sp³-hybridized carbons (Fsp3) is 0.545. The van der Waals surface area contributed by atoms with Crippen LogP contribution in [0.4, 0.5) is 0 Å². The molecule has 0 aliphatic carbocycles. The van der Waals surface area contributed by atoms with Gasteiger partial charge in [0.25, 0.3) is 5.91 Å². The summed E-state index contributed by atoms with van der Waals surface area (Å²) in [7, 11) is 1.79. The molecule has 0 saturated carbocycles. The Labute approximate surface area is 106 Å². The zero-order chi connectivity index (χ0) is 13.0. The average Bonchev–Trinajstić information content (AvgIpc) is 2.56. The van der Waals surface area contributed by atoms with Crippen LogP contribution in [-0.2, 0) is 7.05 Å². The number of amides is 1. The van der Waals surface area contributed by atoms with Crippen LogP contribution in [0.15, 0.2) is 6.20 Å². The van der Waals surface area contributed by atoms with Gasteiger partial charge in [-0.2, -0.15) is 5.10 Å². The summed E-state index contributed by atoms with van der Waals surface area (Å²) in [4.78, 5) is 12.4. The van der Waals surface area contributed by atoms with Gasteiger partial charge in [-0.25, -0.2) is 0 Å². The van der Waals surface area contributed by atoms with E-state index in [0.717, 1.165) is 12.1 Å². The molecule has 0 aliphatic heterocycles. The molecular formula is C11H18N4OS. The summed E-state index contributed by atoms with van der Waals surface area (Å²) in [5.41, 5.74) is 6.79. The lowest BCUT2D eigenvalue weighted by Crippen LogP contribution is -2.37. The first-order valence-electron chi connectivity index (χ1n) is 5.53. The SMILES string of the molecule is CCC(CC(N)=S)NC(=O)c1cn(C)nc1C. The Kier molecular flexibility index (Phi) is 4.62. The second-order valence-corrected chi connectivity index (χ2v) is 4.58. The molecule has 0 saturated heterocycles. The van der Waals surface area contributed by atoms with E-state index in [1.165, 1.54) is 0 Å². The highest BCUT2D eigenvalue weighted by atomic mass is 32.1. The molecule has 6 heteroatoms. The highest BCUT2D eigenvalue weighted by Crippen LogP contribution is 2.06. The minimum atomic E-state index is -0.126. The Morgan fingerprint density at radius 1 is 1.71 bits per heavy atom. The minimum absolute atomic E-state index is 0.0143. The van der Waals surface area contributed by atoms with Gasteiger partial charge in [0.15, 0.2) is 0 Å². The zero-order valence-corrected chi connectivity index (χ0v) is 11.2. The summed E-state index contributed by atoms with van der Waals surface area (Å²) >= 11 is 4.85. The Bertz CT molecular complexity index is 427. The molecule has 0 spiro atoms. The Hall–Kier alpha value is -1.43. The molecule has 0 bridgehead atoms. The minimum Gasteiger partial charge on any atom is -0.393 e. The van der Waals surface area contributed by atoms with Crippen molar-refractivity contribution in [2.45, 2.75) is 32.7 Å². The van der Waals surface area contributed by atoms with Crippen LogP contribution in [0.25, 0.3) is 0 Å². The van der Waals surface area contributed by atoms with E-state index in [1.54, 1.807) is 17.9 Å². The number of carbonyl (C=O) groups excluding carboxylic acids is 1. The number of aromatic nitrogens is 2. The van der Waals surface area contributed by atoms with Crippen molar-refractivity contribution in [1.29, 1.82) is 0 Å². The van der Waals surface area contributed by atoms with E-state index >= 15 is 0 Å². The van der Waals surface area contributed by atoms with E-state index in [1.807, 2.05) is 13.8 Å². The third-order valence-corrected chi connectivity index (χ3v) is 2.70. The largest absolute Gasteiger partial charge is 0.393 e. The maximum absolute atomic E-state index is 12.0. The number of carbonyl (C=O) groups is 1. The number of nitrogens with zero attached hydrogens (tertiary/aromatic N) is 2. The second kappa shape index (κ2) is 5.77. The zero-order valence-electron chi connectivity index (χ0n) is 10.4. The summed E-state index contributed by atoms with van der Waals surface area (Å²) < 4.78 is 1.62. The number of hydrogen-bond acceptors (Lipinski definition) is 3. The molecule has 1 amide bonds. The van der Waals surface area contributed by atoms with Crippen molar-refractivity contribution >= 4 is 23.1 Å². The van der Waals surface area contributed by atoms with Crippen LogP contribution in [0.2, 0.25) is 0 Å². The molecule has 94 valence electrons. The number of aryl methyl sites for hydroxylation is 2. The molecule has 1 rings (SSSR count). The van der Waals surface area contributed by atoms with Gasteiger partial charge < -0.3 is 11.1 Å². The van der Waals surface area contributed by atoms with Crippen molar-refractivity contribution in [1.82, 2.24) is 15.1 Å². The Morgan fingerprint density at radius 3 is 2.76 bits per heavy atom. The fourth-order valence-corrected chi connectivity index (χ4v) is 1.83. The third-order valence-electron chi connectivity index (χ3n) is 2.53. The van der Waals surface area contributed by atoms with Crippen molar-refractivity contribution in [3.63, 3.8) is 0 Å². The average molecular weight is 254 g/mol. The molecule has 1 atom stereocenters. The van der Waals surface area contributed by atoms with Gasteiger partial charge in [0.2, 0.25) is 0 Å². The summed E-state index contributed by atoms with van der Waals surface area (Å²) in [6.45, 7) is 3.79. The van der Waals surface area contributed by atoms with Gasteiger partial charge in [-0.05, 0) is 13.3 Å². The monoisotopic (exact) mass is 254 g/mol. The van der Waals surface area contributed by atoms with Gasteiger partial charge in [-0.15, -0.1) is 0 Å². The highest BCUT2D eigenvalue weighted by molar-refractivity contribution is 7.80. The first-order valence-corrected chi connectivity index (χ1v) is 5.94. The molecule has 0 aromatic carbocycles. The van der Waals surface area contributed by atoms with Crippen LogP contribution in [0, 0.1) is 6.92 Å². The van der Waals surface area contributed by atoms with E-state index in [9.17, 15) is 4.79 Å². The van der Waals surface area contributed by atoms with Crippen LogP contribution >= 0.6 is 12.2 Å². The Balaban J connectivity index is 2.70. The standard InChI is InChI=1S/C11H18N4OS/c1-4-8(5-10(12)17)13-11(16)9-6-15(3)14-7(9)2/h6,8H,4-5H2,1-3H3,(H2,12,17)(H,13,16). The van der Waals surface area contributed by atoms with E-state index in [2.05, 4.69) is 10.4 Å². The third kappa shape index (κ3) is 3.81. The highest BCUT2D eigenvalue weighted by Gasteiger charge is 2.16. The maximum atomic E-state index is 12.0. The normalized spacial score (nSPS) is 12.2. The predicted octanol–water partition coefficient (Wildman–Crippen LogP) is 0.913. The van der Waals surface area contributed by atoms with E-state index in [0.29, 0.717) is 17.0 Å². The maximum Gasteiger partial charge on any atom is 0.254 e. The van der Waals surface area contributed by atoms with Gasteiger partial charge in [-0.3, -0.25) is 9.48 Å². The number of thiocarbonyl (C=S) groups is 1.